The van der Waals surface area contributed by atoms with Crippen LogP contribution in [0.3, 0.4) is 0 Å². The maximum absolute atomic E-state index is 11.7. The maximum atomic E-state index is 11.7. The molecule has 25 heavy (non-hydrogen) atoms. The summed E-state index contributed by atoms with van der Waals surface area (Å²) in [5, 5.41) is 5.79. The molecule has 134 valence electrons. The lowest BCUT2D eigenvalue weighted by atomic mass is 10.2. The molecule has 1 aromatic carbocycles. The van der Waals surface area contributed by atoms with Crippen LogP contribution in [0, 0.1) is 0 Å². The average Bonchev–Trinajstić information content (AvgIpc) is 2.54. The Hall–Kier alpha value is -2.96. The Morgan fingerprint density at radius 1 is 1.08 bits per heavy atom. The number of aromatic nitrogens is 1. The minimum Gasteiger partial charge on any atom is -0.497 e. The summed E-state index contributed by atoms with van der Waals surface area (Å²) in [6.45, 7) is 5.40. The number of nitrogens with one attached hydrogen (secondary N) is 2. The van der Waals surface area contributed by atoms with Crippen LogP contribution >= 0.6 is 0 Å². The van der Waals surface area contributed by atoms with Crippen LogP contribution < -0.4 is 20.1 Å². The first-order valence-electron chi connectivity index (χ1n) is 7.76. The number of carbonyl (C=O) groups excluding carboxylic acids is 1. The molecule has 0 aliphatic heterocycles. The molecule has 2 aromatic rings. The van der Waals surface area contributed by atoms with E-state index in [1.165, 1.54) is 0 Å². The number of carbonyl (C=O) groups is 1. The Balaban J connectivity index is 2.07. The van der Waals surface area contributed by atoms with Crippen molar-refractivity contribution in [1.82, 2.24) is 4.98 Å². The zero-order valence-electron chi connectivity index (χ0n) is 15.0. The lowest BCUT2D eigenvalue weighted by Crippen LogP contribution is -2.27. The van der Waals surface area contributed by atoms with Crippen LogP contribution in [0.4, 0.5) is 22.0 Å². The summed E-state index contributed by atoms with van der Waals surface area (Å²) < 4.78 is 15.7. The van der Waals surface area contributed by atoms with Crippen molar-refractivity contribution in [3.63, 3.8) is 0 Å². The Morgan fingerprint density at radius 2 is 1.84 bits per heavy atom. The highest BCUT2D eigenvalue weighted by Crippen LogP contribution is 2.31. The molecule has 1 amide bonds. The number of amides is 1. The third-order valence-corrected chi connectivity index (χ3v) is 3.08. The van der Waals surface area contributed by atoms with Gasteiger partial charge in [-0.1, -0.05) is 0 Å². The predicted molar refractivity (Wildman–Crippen MR) is 96.9 cm³/mol. The molecule has 0 unspecified atom stereocenters. The van der Waals surface area contributed by atoms with Gasteiger partial charge in [0, 0.05) is 6.07 Å². The third-order valence-electron chi connectivity index (χ3n) is 3.08. The Kier molecular flexibility index (Phi) is 5.69. The molecular weight excluding hydrogens is 322 g/mol. The Morgan fingerprint density at radius 3 is 2.40 bits per heavy atom. The van der Waals surface area contributed by atoms with E-state index in [4.69, 9.17) is 14.2 Å². The number of anilines is 3. The third kappa shape index (κ3) is 5.56. The maximum Gasteiger partial charge on any atom is 0.413 e. The molecule has 1 heterocycles. The van der Waals surface area contributed by atoms with Gasteiger partial charge in [-0.25, -0.2) is 9.78 Å². The van der Waals surface area contributed by atoms with Crippen molar-refractivity contribution in [2.45, 2.75) is 26.4 Å². The minimum absolute atomic E-state index is 0.400. The van der Waals surface area contributed by atoms with E-state index in [0.29, 0.717) is 17.3 Å². The summed E-state index contributed by atoms with van der Waals surface area (Å²) in [4.78, 5) is 15.9. The molecule has 0 fully saturated rings. The van der Waals surface area contributed by atoms with Crippen molar-refractivity contribution < 1.29 is 19.0 Å². The van der Waals surface area contributed by atoms with Crippen LogP contribution in [0.5, 0.6) is 11.5 Å². The van der Waals surface area contributed by atoms with Gasteiger partial charge in [0.1, 0.15) is 22.9 Å². The summed E-state index contributed by atoms with van der Waals surface area (Å²) in [6.07, 6.45) is 1.06. The van der Waals surface area contributed by atoms with Gasteiger partial charge in [0.2, 0.25) is 0 Å². The molecule has 0 saturated heterocycles. The SMILES string of the molecule is COc1ccc(OC)c(Nc2ccc(NC(=O)OC(C)(C)C)nc2)c1. The fourth-order valence-electron chi connectivity index (χ4n) is 2.02. The van der Waals surface area contributed by atoms with E-state index >= 15 is 0 Å². The molecule has 1 aromatic heterocycles. The van der Waals surface area contributed by atoms with Gasteiger partial charge in [0.15, 0.2) is 0 Å². The molecule has 2 N–H and O–H groups in total. The summed E-state index contributed by atoms with van der Waals surface area (Å²) >= 11 is 0. The number of pyridine rings is 1. The first-order valence-corrected chi connectivity index (χ1v) is 7.76. The number of methoxy groups -OCH3 is 2. The van der Waals surface area contributed by atoms with Crippen LogP contribution in [-0.4, -0.2) is 30.9 Å². The zero-order valence-corrected chi connectivity index (χ0v) is 15.0. The molecule has 0 saturated carbocycles. The summed E-state index contributed by atoms with van der Waals surface area (Å²) in [5.41, 5.74) is 0.923. The van der Waals surface area contributed by atoms with E-state index in [1.54, 1.807) is 53.3 Å². The van der Waals surface area contributed by atoms with Crippen LogP contribution in [0.1, 0.15) is 20.8 Å². The molecule has 0 bridgehead atoms. The normalized spacial score (nSPS) is 10.8. The van der Waals surface area contributed by atoms with Gasteiger partial charge in [-0.3, -0.25) is 5.32 Å². The fraction of sp³-hybridized carbons (Fsp3) is 0.333. The van der Waals surface area contributed by atoms with Gasteiger partial charge in [-0.15, -0.1) is 0 Å². The van der Waals surface area contributed by atoms with E-state index in [-0.39, 0.29) is 0 Å². The van der Waals surface area contributed by atoms with Crippen LogP contribution in [0.2, 0.25) is 0 Å². The number of nitrogens with zero attached hydrogens (tertiary/aromatic N) is 1. The van der Waals surface area contributed by atoms with E-state index in [0.717, 1.165) is 11.4 Å². The lowest BCUT2D eigenvalue weighted by molar-refractivity contribution is 0.0635. The van der Waals surface area contributed by atoms with Gasteiger partial charge in [0.05, 0.1) is 31.8 Å². The Labute approximate surface area is 147 Å². The lowest BCUT2D eigenvalue weighted by Gasteiger charge is -2.19. The molecule has 0 spiro atoms. The van der Waals surface area contributed by atoms with E-state index in [2.05, 4.69) is 15.6 Å². The van der Waals surface area contributed by atoms with Crippen molar-refractivity contribution >= 4 is 23.3 Å². The van der Waals surface area contributed by atoms with E-state index in [9.17, 15) is 4.79 Å². The monoisotopic (exact) mass is 345 g/mol. The van der Waals surface area contributed by atoms with Crippen LogP contribution in [0.25, 0.3) is 0 Å². The van der Waals surface area contributed by atoms with Crippen molar-refractivity contribution in [3.8, 4) is 11.5 Å². The number of hydrogen-bond acceptors (Lipinski definition) is 6. The van der Waals surface area contributed by atoms with Crippen LogP contribution in [0.15, 0.2) is 36.5 Å². The first kappa shape index (κ1) is 18.4. The van der Waals surface area contributed by atoms with Gasteiger partial charge in [-0.2, -0.15) is 0 Å². The van der Waals surface area contributed by atoms with E-state index < -0.39 is 11.7 Å². The fourth-order valence-corrected chi connectivity index (χ4v) is 2.02. The van der Waals surface area contributed by atoms with Gasteiger partial charge in [0.25, 0.3) is 0 Å². The smallest absolute Gasteiger partial charge is 0.413 e. The number of ether oxygens (including phenoxy) is 3. The first-order chi connectivity index (χ1) is 11.8. The van der Waals surface area contributed by atoms with Crippen molar-refractivity contribution in [2.24, 2.45) is 0 Å². The Bertz CT molecular complexity index is 724. The highest BCUT2D eigenvalue weighted by Gasteiger charge is 2.16. The van der Waals surface area contributed by atoms with Gasteiger partial charge in [-0.05, 0) is 45.0 Å². The van der Waals surface area contributed by atoms with Crippen molar-refractivity contribution in [3.05, 3.63) is 36.5 Å². The minimum atomic E-state index is -0.561. The van der Waals surface area contributed by atoms with Gasteiger partial charge >= 0.3 is 6.09 Å². The summed E-state index contributed by atoms with van der Waals surface area (Å²) in [5.74, 6) is 1.79. The summed E-state index contributed by atoms with van der Waals surface area (Å²) in [6, 6.07) is 8.92. The molecule has 7 heteroatoms. The van der Waals surface area contributed by atoms with Gasteiger partial charge < -0.3 is 19.5 Å². The number of hydrogen-bond donors (Lipinski definition) is 2. The molecule has 0 radical (unpaired) electrons. The highest BCUT2D eigenvalue weighted by molar-refractivity contribution is 5.83. The van der Waals surface area contributed by atoms with Crippen molar-refractivity contribution in [1.29, 1.82) is 0 Å². The zero-order chi connectivity index (χ0) is 18.4. The predicted octanol–water partition coefficient (Wildman–Crippen LogP) is 4.19. The molecule has 0 aliphatic rings. The topological polar surface area (TPSA) is 81.7 Å². The summed E-state index contributed by atoms with van der Waals surface area (Å²) in [7, 11) is 3.20. The molecular formula is C18H23N3O4. The average molecular weight is 345 g/mol. The van der Waals surface area contributed by atoms with Crippen LogP contribution in [-0.2, 0) is 4.74 Å². The largest absolute Gasteiger partial charge is 0.497 e. The second-order valence-electron chi connectivity index (χ2n) is 6.25. The number of rotatable bonds is 5. The van der Waals surface area contributed by atoms with E-state index in [1.807, 2.05) is 18.2 Å². The van der Waals surface area contributed by atoms with Crippen molar-refractivity contribution in [2.75, 3.05) is 24.9 Å². The second kappa shape index (κ2) is 7.74. The quantitative estimate of drug-likeness (QED) is 0.845. The highest BCUT2D eigenvalue weighted by atomic mass is 16.6. The molecule has 0 aliphatic carbocycles. The number of benzene rings is 1. The molecule has 0 atom stereocenters. The molecule has 2 rings (SSSR count). The standard InChI is InChI=1S/C18H23N3O4/c1-18(2,3)25-17(22)21-16-9-6-12(11-19-16)20-14-10-13(23-4)7-8-15(14)24-5/h6-11,20H,1-5H3,(H,19,21,22). The molecule has 7 nitrogen and oxygen atoms in total. The second-order valence-corrected chi connectivity index (χ2v) is 6.25.